The van der Waals surface area contributed by atoms with Crippen LogP contribution in [-0.2, 0) is 6.54 Å². The fraction of sp³-hybridized carbons (Fsp3) is 0.579. The van der Waals surface area contributed by atoms with Crippen molar-refractivity contribution in [2.75, 3.05) is 13.1 Å². The topological polar surface area (TPSA) is 15.3 Å². The van der Waals surface area contributed by atoms with Crippen molar-refractivity contribution in [3.8, 4) is 0 Å². The first-order valence-electron chi connectivity index (χ1n) is 8.57. The number of nitrogens with one attached hydrogen (secondary N) is 1. The zero-order valence-corrected chi connectivity index (χ0v) is 12.7. The number of rotatable bonds is 4. The standard InChI is InChI=1S/C19H26N2/c1-2-5-15(6-3-1)14-21-11-9-17(10-12-21)20-19-13-16-7-4-8-18(16)19/h1-6,8,16-20H,7,9-14H2/t16-,18+,19+/m1/s1. The average molecular weight is 282 g/mol. The monoisotopic (exact) mass is 282 g/mol. The van der Waals surface area contributed by atoms with Gasteiger partial charge >= 0.3 is 0 Å². The van der Waals surface area contributed by atoms with E-state index in [0.29, 0.717) is 0 Å². The van der Waals surface area contributed by atoms with Crippen molar-refractivity contribution in [1.29, 1.82) is 0 Å². The van der Waals surface area contributed by atoms with Crippen molar-refractivity contribution < 1.29 is 0 Å². The van der Waals surface area contributed by atoms with E-state index in [9.17, 15) is 0 Å². The second-order valence-corrected chi connectivity index (χ2v) is 7.05. The molecule has 3 atom stereocenters. The summed E-state index contributed by atoms with van der Waals surface area (Å²) in [5, 5.41) is 3.93. The molecule has 0 radical (unpaired) electrons. The van der Waals surface area contributed by atoms with Crippen molar-refractivity contribution in [2.45, 2.75) is 44.3 Å². The number of benzene rings is 1. The maximum atomic E-state index is 3.93. The Hall–Kier alpha value is -1.12. The van der Waals surface area contributed by atoms with Gasteiger partial charge in [-0.05, 0) is 56.2 Å². The normalized spacial score (nSPS) is 32.9. The molecule has 1 aromatic carbocycles. The zero-order valence-electron chi connectivity index (χ0n) is 12.7. The van der Waals surface area contributed by atoms with Gasteiger partial charge in [-0.25, -0.2) is 0 Å². The third kappa shape index (κ3) is 2.93. The number of nitrogens with zero attached hydrogens (tertiary/aromatic N) is 1. The van der Waals surface area contributed by atoms with E-state index in [2.05, 4.69) is 52.7 Å². The first kappa shape index (κ1) is 13.5. The molecule has 21 heavy (non-hydrogen) atoms. The number of hydrogen-bond donors (Lipinski definition) is 1. The van der Waals surface area contributed by atoms with Gasteiger partial charge in [0.2, 0.25) is 0 Å². The zero-order chi connectivity index (χ0) is 14.1. The van der Waals surface area contributed by atoms with E-state index in [0.717, 1.165) is 30.5 Å². The van der Waals surface area contributed by atoms with Crippen molar-refractivity contribution in [3.05, 3.63) is 48.0 Å². The highest BCUT2D eigenvalue weighted by molar-refractivity contribution is 5.15. The highest BCUT2D eigenvalue weighted by Crippen LogP contribution is 2.43. The van der Waals surface area contributed by atoms with E-state index < -0.39 is 0 Å². The molecule has 1 saturated heterocycles. The summed E-state index contributed by atoms with van der Waals surface area (Å²) in [6.45, 7) is 3.59. The molecule has 0 spiro atoms. The molecule has 2 aliphatic carbocycles. The molecule has 1 aromatic rings. The molecule has 4 rings (SSSR count). The molecule has 1 saturated carbocycles. The predicted molar refractivity (Wildman–Crippen MR) is 87.0 cm³/mol. The summed E-state index contributed by atoms with van der Waals surface area (Å²) in [6.07, 6.45) is 10.2. The van der Waals surface area contributed by atoms with Crippen LogP contribution in [0.5, 0.6) is 0 Å². The smallest absolute Gasteiger partial charge is 0.0233 e. The molecular formula is C19H26N2. The fourth-order valence-electron chi connectivity index (χ4n) is 4.31. The summed E-state index contributed by atoms with van der Waals surface area (Å²) >= 11 is 0. The van der Waals surface area contributed by atoms with Gasteiger partial charge in [-0.15, -0.1) is 0 Å². The van der Waals surface area contributed by atoms with E-state index in [1.54, 1.807) is 0 Å². The maximum absolute atomic E-state index is 3.93. The molecule has 2 heteroatoms. The lowest BCUT2D eigenvalue weighted by Gasteiger charge is -2.44. The molecule has 2 fully saturated rings. The van der Waals surface area contributed by atoms with E-state index in [1.165, 1.54) is 44.3 Å². The molecule has 0 bridgehead atoms. The van der Waals surface area contributed by atoms with E-state index in [1.807, 2.05) is 0 Å². The first-order valence-corrected chi connectivity index (χ1v) is 8.57. The van der Waals surface area contributed by atoms with Gasteiger partial charge in [-0.1, -0.05) is 42.5 Å². The highest BCUT2D eigenvalue weighted by Gasteiger charge is 2.41. The van der Waals surface area contributed by atoms with Crippen molar-refractivity contribution >= 4 is 0 Å². The summed E-state index contributed by atoms with van der Waals surface area (Å²) in [7, 11) is 0. The average Bonchev–Trinajstić information content (AvgIpc) is 2.89. The number of allylic oxidation sites excluding steroid dienone is 1. The summed E-state index contributed by atoms with van der Waals surface area (Å²) in [4.78, 5) is 2.60. The van der Waals surface area contributed by atoms with Crippen molar-refractivity contribution in [1.82, 2.24) is 10.2 Å². The second kappa shape index (κ2) is 5.94. The lowest BCUT2D eigenvalue weighted by molar-refractivity contribution is 0.120. The van der Waals surface area contributed by atoms with Crippen LogP contribution in [0.1, 0.15) is 31.2 Å². The third-order valence-corrected chi connectivity index (χ3v) is 5.65. The van der Waals surface area contributed by atoms with Gasteiger partial charge in [0.15, 0.2) is 0 Å². The molecule has 112 valence electrons. The summed E-state index contributed by atoms with van der Waals surface area (Å²) < 4.78 is 0. The minimum Gasteiger partial charge on any atom is -0.311 e. The highest BCUT2D eigenvalue weighted by atomic mass is 15.1. The molecule has 0 amide bonds. The van der Waals surface area contributed by atoms with Crippen LogP contribution in [0, 0.1) is 11.8 Å². The van der Waals surface area contributed by atoms with Crippen LogP contribution >= 0.6 is 0 Å². The summed E-state index contributed by atoms with van der Waals surface area (Å²) in [6, 6.07) is 12.4. The lowest BCUT2D eigenvalue weighted by atomic mass is 9.71. The van der Waals surface area contributed by atoms with Gasteiger partial charge in [-0.2, -0.15) is 0 Å². The molecule has 3 aliphatic rings. The van der Waals surface area contributed by atoms with Gasteiger partial charge in [-0.3, -0.25) is 4.90 Å². The fourth-order valence-corrected chi connectivity index (χ4v) is 4.31. The molecule has 0 aromatic heterocycles. The van der Waals surface area contributed by atoms with Gasteiger partial charge < -0.3 is 5.32 Å². The largest absolute Gasteiger partial charge is 0.311 e. The number of hydrogen-bond acceptors (Lipinski definition) is 2. The van der Waals surface area contributed by atoms with Crippen LogP contribution in [0.3, 0.4) is 0 Å². The van der Waals surface area contributed by atoms with Crippen LogP contribution in [0.4, 0.5) is 0 Å². The summed E-state index contributed by atoms with van der Waals surface area (Å²) in [5.41, 5.74) is 1.45. The lowest BCUT2D eigenvalue weighted by Crippen LogP contribution is -2.54. The van der Waals surface area contributed by atoms with Gasteiger partial charge in [0.05, 0.1) is 0 Å². The molecule has 1 heterocycles. The Morgan fingerprint density at radius 1 is 1.10 bits per heavy atom. The van der Waals surface area contributed by atoms with Gasteiger partial charge in [0.25, 0.3) is 0 Å². The Morgan fingerprint density at radius 2 is 1.90 bits per heavy atom. The Balaban J connectivity index is 1.23. The van der Waals surface area contributed by atoms with Crippen LogP contribution < -0.4 is 5.32 Å². The minimum atomic E-state index is 0.747. The maximum Gasteiger partial charge on any atom is 0.0233 e. The number of piperidine rings is 1. The molecule has 1 aliphatic heterocycles. The van der Waals surface area contributed by atoms with Crippen LogP contribution in [-0.4, -0.2) is 30.1 Å². The Labute approximate surface area is 128 Å². The van der Waals surface area contributed by atoms with Crippen LogP contribution in [0.2, 0.25) is 0 Å². The van der Waals surface area contributed by atoms with E-state index >= 15 is 0 Å². The van der Waals surface area contributed by atoms with Crippen molar-refractivity contribution in [2.24, 2.45) is 11.8 Å². The third-order valence-electron chi connectivity index (χ3n) is 5.65. The van der Waals surface area contributed by atoms with E-state index in [-0.39, 0.29) is 0 Å². The SMILES string of the molecule is C1=C[C@H]2[C@H](C1)C[C@@H]2NC1CCN(Cc2ccccc2)CC1. The molecule has 2 nitrogen and oxygen atoms in total. The number of likely N-dealkylation sites (tertiary alicyclic amines) is 1. The Bertz CT molecular complexity index is 488. The number of fused-ring (bicyclic) bond motifs is 1. The molecular weight excluding hydrogens is 256 g/mol. The first-order chi connectivity index (χ1) is 10.4. The second-order valence-electron chi connectivity index (χ2n) is 7.05. The quantitative estimate of drug-likeness (QED) is 0.853. The molecule has 1 N–H and O–H groups in total. The van der Waals surface area contributed by atoms with Crippen LogP contribution in [0.25, 0.3) is 0 Å². The Morgan fingerprint density at radius 3 is 2.67 bits per heavy atom. The van der Waals surface area contributed by atoms with Crippen molar-refractivity contribution in [3.63, 3.8) is 0 Å². The summed E-state index contributed by atoms with van der Waals surface area (Å²) in [5.74, 6) is 1.83. The Kier molecular flexibility index (Phi) is 3.83. The van der Waals surface area contributed by atoms with Gasteiger partial charge in [0, 0.05) is 18.6 Å². The van der Waals surface area contributed by atoms with E-state index in [4.69, 9.17) is 0 Å². The van der Waals surface area contributed by atoms with Gasteiger partial charge in [0.1, 0.15) is 0 Å². The molecule has 0 unspecified atom stereocenters. The minimum absolute atomic E-state index is 0.747. The van der Waals surface area contributed by atoms with Crippen LogP contribution in [0.15, 0.2) is 42.5 Å². The predicted octanol–water partition coefficient (Wildman–Crippen LogP) is 3.21.